The molecule has 0 aliphatic rings. The second kappa shape index (κ2) is 6.12. The Labute approximate surface area is 101 Å². The first-order chi connectivity index (χ1) is 7.09. The van der Waals surface area contributed by atoms with E-state index in [0.717, 1.165) is 4.47 Å². The molecule has 0 radical (unpaired) electrons. The number of nitrogens with two attached hydrogens (primary N) is 1. The summed E-state index contributed by atoms with van der Waals surface area (Å²) in [5, 5.41) is 0. The number of halogens is 2. The van der Waals surface area contributed by atoms with Gasteiger partial charge in [-0.2, -0.15) is 11.8 Å². The van der Waals surface area contributed by atoms with Crippen LogP contribution in [0.4, 0.5) is 4.39 Å². The molecule has 0 unspecified atom stereocenters. The number of benzene rings is 1. The number of rotatable bonds is 5. The van der Waals surface area contributed by atoms with Crippen molar-refractivity contribution in [2.24, 2.45) is 5.73 Å². The Hall–Kier alpha value is -0.550. The highest BCUT2D eigenvalue weighted by atomic mass is 79.9. The summed E-state index contributed by atoms with van der Waals surface area (Å²) in [6, 6.07) is 4.97. The molecule has 0 saturated carbocycles. The molecule has 2 N–H and O–H groups in total. The third kappa shape index (κ3) is 4.66. The molecule has 0 saturated heterocycles. The van der Waals surface area contributed by atoms with Gasteiger partial charge in [-0.05, 0) is 17.7 Å². The van der Waals surface area contributed by atoms with E-state index in [-0.39, 0.29) is 11.7 Å². The summed E-state index contributed by atoms with van der Waals surface area (Å²) < 4.78 is 14.0. The van der Waals surface area contributed by atoms with Gasteiger partial charge in [-0.25, -0.2) is 4.39 Å². The summed E-state index contributed by atoms with van der Waals surface area (Å²) in [7, 11) is 0. The standard InChI is InChI=1S/C10H11BrFNOS/c11-8-2-1-7(9(12)5-8)6-15-4-3-10(13)14/h1-2,5H,3-4,6H2,(H2,13,14). The van der Waals surface area contributed by atoms with Crippen LogP contribution in [-0.4, -0.2) is 11.7 Å². The van der Waals surface area contributed by atoms with Crippen molar-refractivity contribution in [2.45, 2.75) is 12.2 Å². The summed E-state index contributed by atoms with van der Waals surface area (Å²) >= 11 is 4.69. The zero-order valence-corrected chi connectivity index (χ0v) is 10.4. The predicted octanol–water partition coefficient (Wildman–Crippen LogP) is 2.70. The second-order valence-corrected chi connectivity index (χ2v) is 5.03. The van der Waals surface area contributed by atoms with Crippen molar-refractivity contribution in [1.29, 1.82) is 0 Å². The SMILES string of the molecule is NC(=O)CCSCc1ccc(Br)cc1F. The summed E-state index contributed by atoms with van der Waals surface area (Å²) in [6.07, 6.45) is 0.336. The Bertz CT molecular complexity index is 359. The molecule has 0 bridgehead atoms. The Balaban J connectivity index is 2.40. The van der Waals surface area contributed by atoms with Gasteiger partial charge in [0.15, 0.2) is 0 Å². The Morgan fingerprint density at radius 1 is 1.53 bits per heavy atom. The predicted molar refractivity (Wildman–Crippen MR) is 64.1 cm³/mol. The van der Waals surface area contributed by atoms with Crippen molar-refractivity contribution in [3.05, 3.63) is 34.1 Å². The van der Waals surface area contributed by atoms with E-state index in [4.69, 9.17) is 5.73 Å². The molecule has 5 heteroatoms. The van der Waals surface area contributed by atoms with Crippen molar-refractivity contribution >= 4 is 33.6 Å². The zero-order chi connectivity index (χ0) is 11.3. The average Bonchev–Trinajstić information content (AvgIpc) is 2.14. The molecule has 2 nitrogen and oxygen atoms in total. The van der Waals surface area contributed by atoms with Crippen molar-refractivity contribution in [1.82, 2.24) is 0 Å². The van der Waals surface area contributed by atoms with Gasteiger partial charge in [-0.3, -0.25) is 4.79 Å². The van der Waals surface area contributed by atoms with Gasteiger partial charge in [0.05, 0.1) is 0 Å². The van der Waals surface area contributed by atoms with Crippen LogP contribution in [0.5, 0.6) is 0 Å². The average molecular weight is 292 g/mol. The second-order valence-electron chi connectivity index (χ2n) is 3.00. The Morgan fingerprint density at radius 3 is 2.87 bits per heavy atom. The van der Waals surface area contributed by atoms with E-state index in [2.05, 4.69) is 15.9 Å². The number of carbonyl (C=O) groups is 1. The Morgan fingerprint density at radius 2 is 2.27 bits per heavy atom. The summed E-state index contributed by atoms with van der Waals surface area (Å²) in [4.78, 5) is 10.5. The van der Waals surface area contributed by atoms with Crippen molar-refractivity contribution < 1.29 is 9.18 Å². The van der Waals surface area contributed by atoms with Crippen LogP contribution in [0.25, 0.3) is 0 Å². The lowest BCUT2D eigenvalue weighted by molar-refractivity contribution is -0.117. The van der Waals surface area contributed by atoms with Crippen LogP contribution in [0, 0.1) is 5.82 Å². The highest BCUT2D eigenvalue weighted by Crippen LogP contribution is 2.19. The van der Waals surface area contributed by atoms with E-state index >= 15 is 0 Å². The summed E-state index contributed by atoms with van der Waals surface area (Å²) in [5.74, 6) is 0.645. The van der Waals surface area contributed by atoms with Crippen LogP contribution >= 0.6 is 27.7 Å². The van der Waals surface area contributed by atoms with Gasteiger partial charge < -0.3 is 5.73 Å². The fraction of sp³-hybridized carbons (Fsp3) is 0.300. The first-order valence-corrected chi connectivity index (χ1v) is 6.34. The molecular formula is C10H11BrFNOS. The largest absolute Gasteiger partial charge is 0.370 e. The number of primary amides is 1. The Kier molecular flexibility index (Phi) is 5.11. The van der Waals surface area contributed by atoms with E-state index in [0.29, 0.717) is 23.5 Å². The molecule has 0 fully saturated rings. The number of hydrogen-bond acceptors (Lipinski definition) is 2. The van der Waals surface area contributed by atoms with E-state index in [1.54, 1.807) is 12.1 Å². The lowest BCUT2D eigenvalue weighted by Crippen LogP contribution is -2.10. The quantitative estimate of drug-likeness (QED) is 0.848. The molecule has 0 atom stereocenters. The molecule has 1 amide bonds. The molecule has 1 rings (SSSR count). The van der Waals surface area contributed by atoms with Crippen LogP contribution in [0.2, 0.25) is 0 Å². The van der Waals surface area contributed by atoms with E-state index in [1.807, 2.05) is 0 Å². The molecule has 0 aliphatic carbocycles. The van der Waals surface area contributed by atoms with Crippen LogP contribution in [0.1, 0.15) is 12.0 Å². The maximum atomic E-state index is 13.3. The summed E-state index contributed by atoms with van der Waals surface area (Å²) in [5.41, 5.74) is 5.64. The first-order valence-electron chi connectivity index (χ1n) is 4.39. The van der Waals surface area contributed by atoms with Crippen LogP contribution < -0.4 is 5.73 Å². The lowest BCUT2D eigenvalue weighted by atomic mass is 10.2. The van der Waals surface area contributed by atoms with Crippen molar-refractivity contribution in [3.63, 3.8) is 0 Å². The third-order valence-electron chi connectivity index (χ3n) is 1.77. The van der Waals surface area contributed by atoms with Gasteiger partial charge in [0.1, 0.15) is 5.82 Å². The van der Waals surface area contributed by atoms with Gasteiger partial charge >= 0.3 is 0 Å². The highest BCUT2D eigenvalue weighted by molar-refractivity contribution is 9.10. The number of amides is 1. The lowest BCUT2D eigenvalue weighted by Gasteiger charge is -2.02. The monoisotopic (exact) mass is 291 g/mol. The molecule has 0 heterocycles. The van der Waals surface area contributed by atoms with Crippen LogP contribution in [0.15, 0.2) is 22.7 Å². The minimum Gasteiger partial charge on any atom is -0.370 e. The van der Waals surface area contributed by atoms with Crippen LogP contribution in [-0.2, 0) is 10.5 Å². The van der Waals surface area contributed by atoms with Gasteiger partial charge in [-0.15, -0.1) is 0 Å². The number of hydrogen-bond donors (Lipinski definition) is 1. The smallest absolute Gasteiger partial charge is 0.218 e. The molecule has 0 aliphatic heterocycles. The number of thioether (sulfide) groups is 1. The van der Waals surface area contributed by atoms with Gasteiger partial charge in [0.25, 0.3) is 0 Å². The van der Waals surface area contributed by atoms with Gasteiger partial charge in [0, 0.05) is 22.4 Å². The molecule has 1 aromatic rings. The van der Waals surface area contributed by atoms with E-state index < -0.39 is 0 Å². The molecule has 15 heavy (non-hydrogen) atoms. The molecule has 0 spiro atoms. The topological polar surface area (TPSA) is 43.1 Å². The zero-order valence-electron chi connectivity index (χ0n) is 8.00. The minimum atomic E-state index is -0.321. The molecule has 1 aromatic carbocycles. The maximum absolute atomic E-state index is 13.3. The fourth-order valence-electron chi connectivity index (χ4n) is 0.994. The van der Waals surface area contributed by atoms with Gasteiger partial charge in [-0.1, -0.05) is 22.0 Å². The van der Waals surface area contributed by atoms with Crippen molar-refractivity contribution in [2.75, 3.05) is 5.75 Å². The van der Waals surface area contributed by atoms with Gasteiger partial charge in [0.2, 0.25) is 5.91 Å². The highest BCUT2D eigenvalue weighted by Gasteiger charge is 2.03. The normalized spacial score (nSPS) is 10.3. The third-order valence-corrected chi connectivity index (χ3v) is 3.27. The molecule has 0 aromatic heterocycles. The van der Waals surface area contributed by atoms with Crippen LogP contribution in [0.3, 0.4) is 0 Å². The minimum absolute atomic E-state index is 0.226. The summed E-state index contributed by atoms with van der Waals surface area (Å²) in [6.45, 7) is 0. The number of carbonyl (C=O) groups excluding carboxylic acids is 1. The molecule has 82 valence electrons. The van der Waals surface area contributed by atoms with E-state index in [1.165, 1.54) is 17.8 Å². The maximum Gasteiger partial charge on any atom is 0.218 e. The van der Waals surface area contributed by atoms with Crippen molar-refractivity contribution in [3.8, 4) is 0 Å². The van der Waals surface area contributed by atoms with E-state index in [9.17, 15) is 9.18 Å². The fourth-order valence-corrected chi connectivity index (χ4v) is 2.27. The molecular weight excluding hydrogens is 281 g/mol. The first kappa shape index (κ1) is 12.5.